The van der Waals surface area contributed by atoms with Crippen molar-refractivity contribution in [1.82, 2.24) is 4.98 Å². The Labute approximate surface area is 74.2 Å². The summed E-state index contributed by atoms with van der Waals surface area (Å²) < 4.78 is 29.9. The van der Waals surface area contributed by atoms with Gasteiger partial charge in [-0.1, -0.05) is 0 Å². The molecule has 0 saturated heterocycles. The molecule has 0 aliphatic carbocycles. The second-order valence-electron chi connectivity index (χ2n) is 1.25. The molecule has 1 aromatic rings. The quantitative estimate of drug-likeness (QED) is 0.334. The zero-order valence-corrected chi connectivity index (χ0v) is 6.78. The Morgan fingerprint density at radius 2 is 2.20 bits per heavy atom. The Hall–Kier alpha value is 0.137. The summed E-state index contributed by atoms with van der Waals surface area (Å²) in [6, 6.07) is 0. The van der Waals surface area contributed by atoms with Gasteiger partial charge in [-0.3, -0.25) is 0 Å². The normalized spacial score (nSPS) is 10.5. The molecule has 0 aliphatic rings. The van der Waals surface area contributed by atoms with E-state index >= 15 is 0 Å². The van der Waals surface area contributed by atoms with Gasteiger partial charge in [-0.25, -0.2) is 13.4 Å². The predicted octanol–water partition coefficient (Wildman–Crippen LogP) is -2.95. The summed E-state index contributed by atoms with van der Waals surface area (Å²) in [5.41, 5.74) is 0. The summed E-state index contributed by atoms with van der Waals surface area (Å²) >= 11 is 0.818. The third kappa shape index (κ3) is 2.40. The molecular formula is C3H2LiNO3S2. The molecule has 7 heteroatoms. The van der Waals surface area contributed by atoms with Gasteiger partial charge >= 0.3 is 18.9 Å². The van der Waals surface area contributed by atoms with Gasteiger partial charge in [0.25, 0.3) is 0 Å². The van der Waals surface area contributed by atoms with E-state index in [1.165, 1.54) is 11.6 Å². The molecule has 10 heavy (non-hydrogen) atoms. The van der Waals surface area contributed by atoms with E-state index in [-0.39, 0.29) is 23.2 Å². The van der Waals surface area contributed by atoms with Crippen molar-refractivity contribution in [2.75, 3.05) is 0 Å². The van der Waals surface area contributed by atoms with Crippen molar-refractivity contribution < 1.29 is 31.8 Å². The van der Waals surface area contributed by atoms with Crippen LogP contribution in [0.15, 0.2) is 15.9 Å². The van der Waals surface area contributed by atoms with Crippen LogP contribution in [0, 0.1) is 0 Å². The molecule has 1 aromatic heterocycles. The first-order valence-corrected chi connectivity index (χ1v) is 4.25. The summed E-state index contributed by atoms with van der Waals surface area (Å²) in [5, 5.41) is 1.44. The molecule has 0 atom stereocenters. The molecule has 0 spiro atoms. The van der Waals surface area contributed by atoms with Crippen molar-refractivity contribution in [2.24, 2.45) is 0 Å². The summed E-state index contributed by atoms with van der Waals surface area (Å²) in [4.78, 5) is 3.31. The topological polar surface area (TPSA) is 70.1 Å². The van der Waals surface area contributed by atoms with Gasteiger partial charge in [0.15, 0.2) is 14.5 Å². The van der Waals surface area contributed by atoms with Crippen molar-refractivity contribution >= 4 is 21.5 Å². The molecule has 0 unspecified atom stereocenters. The van der Waals surface area contributed by atoms with Crippen molar-refractivity contribution in [2.45, 2.75) is 4.34 Å². The third-order valence-corrected chi connectivity index (χ3v) is 2.62. The maximum atomic E-state index is 10.1. The predicted molar refractivity (Wildman–Crippen MR) is 30.1 cm³/mol. The fourth-order valence-electron chi connectivity index (χ4n) is 0.334. The average molecular weight is 171 g/mol. The van der Waals surface area contributed by atoms with Gasteiger partial charge in [0, 0.05) is 11.6 Å². The molecule has 0 fully saturated rings. The summed E-state index contributed by atoms with van der Waals surface area (Å²) in [6.07, 6.45) is 1.27. The first kappa shape index (κ1) is 10.1. The molecule has 0 bridgehead atoms. The SMILES string of the molecule is O=S(=O)([O-])c1nccs1.[Li+]. The van der Waals surface area contributed by atoms with Gasteiger partial charge in [0.2, 0.25) is 0 Å². The van der Waals surface area contributed by atoms with E-state index in [1.807, 2.05) is 0 Å². The zero-order chi connectivity index (χ0) is 6.91. The van der Waals surface area contributed by atoms with E-state index in [4.69, 9.17) is 0 Å². The first-order valence-electron chi connectivity index (χ1n) is 1.96. The van der Waals surface area contributed by atoms with Crippen LogP contribution in [0.25, 0.3) is 0 Å². The van der Waals surface area contributed by atoms with Crippen LogP contribution in [0.4, 0.5) is 0 Å². The van der Waals surface area contributed by atoms with Crippen molar-refractivity contribution in [1.29, 1.82) is 0 Å². The maximum Gasteiger partial charge on any atom is 1.00 e. The van der Waals surface area contributed by atoms with Crippen LogP contribution in [0.3, 0.4) is 0 Å². The number of hydrogen-bond acceptors (Lipinski definition) is 5. The minimum Gasteiger partial charge on any atom is -0.742 e. The summed E-state index contributed by atoms with van der Waals surface area (Å²) in [7, 11) is -4.30. The minimum atomic E-state index is -4.30. The number of thiazole rings is 1. The molecular weight excluding hydrogens is 169 g/mol. The fourth-order valence-corrected chi connectivity index (χ4v) is 1.52. The Kier molecular flexibility index (Phi) is 3.55. The smallest absolute Gasteiger partial charge is 0.742 e. The maximum absolute atomic E-state index is 10.1. The van der Waals surface area contributed by atoms with Crippen LogP contribution in [0.1, 0.15) is 0 Å². The van der Waals surface area contributed by atoms with Crippen LogP contribution in [0.5, 0.6) is 0 Å². The van der Waals surface area contributed by atoms with Gasteiger partial charge in [-0.05, 0) is 0 Å². The van der Waals surface area contributed by atoms with Gasteiger partial charge in [-0.2, -0.15) is 0 Å². The second-order valence-corrected chi connectivity index (χ2v) is 3.70. The van der Waals surface area contributed by atoms with E-state index in [2.05, 4.69) is 4.98 Å². The van der Waals surface area contributed by atoms with Crippen LogP contribution >= 0.6 is 11.3 Å². The van der Waals surface area contributed by atoms with Gasteiger partial charge in [-0.15, -0.1) is 11.3 Å². The van der Waals surface area contributed by atoms with Crippen LogP contribution in [0.2, 0.25) is 0 Å². The van der Waals surface area contributed by atoms with Crippen molar-refractivity contribution in [3.05, 3.63) is 11.6 Å². The Morgan fingerprint density at radius 1 is 1.60 bits per heavy atom. The van der Waals surface area contributed by atoms with Crippen molar-refractivity contribution in [3.8, 4) is 0 Å². The van der Waals surface area contributed by atoms with Crippen LogP contribution in [-0.2, 0) is 10.1 Å². The van der Waals surface area contributed by atoms with E-state index in [0.29, 0.717) is 0 Å². The largest absolute Gasteiger partial charge is 1.00 e. The van der Waals surface area contributed by atoms with E-state index in [1.54, 1.807) is 0 Å². The van der Waals surface area contributed by atoms with Gasteiger partial charge in [0.05, 0.1) is 0 Å². The van der Waals surface area contributed by atoms with Crippen LogP contribution < -0.4 is 18.9 Å². The first-order chi connectivity index (χ1) is 4.11. The Balaban J connectivity index is 0.000000810. The average Bonchev–Trinajstić information content (AvgIpc) is 2.08. The molecule has 50 valence electrons. The molecule has 1 heterocycles. The van der Waals surface area contributed by atoms with Crippen LogP contribution in [-0.4, -0.2) is 18.0 Å². The van der Waals surface area contributed by atoms with E-state index in [0.717, 1.165) is 11.3 Å². The molecule has 0 amide bonds. The van der Waals surface area contributed by atoms with E-state index < -0.39 is 10.1 Å². The molecule has 4 nitrogen and oxygen atoms in total. The molecule has 0 radical (unpaired) electrons. The van der Waals surface area contributed by atoms with Gasteiger partial charge < -0.3 is 4.55 Å². The number of nitrogens with zero attached hydrogens (tertiary/aromatic N) is 1. The third-order valence-electron chi connectivity index (χ3n) is 0.624. The molecule has 1 rings (SSSR count). The van der Waals surface area contributed by atoms with E-state index in [9.17, 15) is 13.0 Å². The minimum absolute atomic E-state index is 0. The molecule has 0 saturated carbocycles. The molecule has 0 N–H and O–H groups in total. The Morgan fingerprint density at radius 3 is 2.40 bits per heavy atom. The monoisotopic (exact) mass is 171 g/mol. The fraction of sp³-hybridized carbons (Fsp3) is 0. The Bertz CT molecular complexity index is 279. The summed E-state index contributed by atoms with van der Waals surface area (Å²) in [5.74, 6) is 0. The van der Waals surface area contributed by atoms with Crippen molar-refractivity contribution in [3.63, 3.8) is 0 Å². The molecule has 0 aromatic carbocycles. The standard InChI is InChI=1S/C3H3NO3S2.Li/c5-9(6,7)3-4-1-2-8-3;/h1-2H,(H,5,6,7);/q;+1/p-1. The number of aromatic nitrogens is 1. The van der Waals surface area contributed by atoms with Gasteiger partial charge in [0.1, 0.15) is 0 Å². The number of rotatable bonds is 1. The molecule has 0 aliphatic heterocycles. The second kappa shape index (κ2) is 3.51. The zero-order valence-electron chi connectivity index (χ0n) is 5.14. The number of hydrogen-bond donors (Lipinski definition) is 0. The summed E-state index contributed by atoms with van der Waals surface area (Å²) in [6.45, 7) is 0.